The van der Waals surface area contributed by atoms with Crippen molar-refractivity contribution in [3.63, 3.8) is 0 Å². The fourth-order valence-corrected chi connectivity index (χ4v) is 3.39. The van der Waals surface area contributed by atoms with Crippen LogP contribution in [0.4, 0.5) is 11.4 Å². The third-order valence-corrected chi connectivity index (χ3v) is 5.62. The van der Waals surface area contributed by atoms with E-state index in [1.54, 1.807) is 0 Å². The number of rotatable bonds is 3. The van der Waals surface area contributed by atoms with Crippen LogP contribution < -0.4 is 11.1 Å². The van der Waals surface area contributed by atoms with Gasteiger partial charge in [0.1, 0.15) is 0 Å². The summed E-state index contributed by atoms with van der Waals surface area (Å²) >= 11 is 0. The number of hydrogen-bond donors (Lipinski definition) is 2. The zero-order valence-corrected chi connectivity index (χ0v) is 12.7. The van der Waals surface area contributed by atoms with Crippen molar-refractivity contribution in [1.29, 1.82) is 0 Å². The molecule has 106 valence electrons. The Bertz CT molecular complexity index is 644. The third kappa shape index (κ3) is 1.76. The van der Waals surface area contributed by atoms with Crippen LogP contribution in [0.5, 0.6) is 0 Å². The number of benzene rings is 1. The van der Waals surface area contributed by atoms with E-state index in [1.165, 1.54) is 0 Å². The molecule has 1 aliphatic carbocycles. The van der Waals surface area contributed by atoms with Crippen molar-refractivity contribution in [2.45, 2.75) is 27.7 Å². The number of fused-ring (bicyclic) bond motifs is 1. The first-order chi connectivity index (χ1) is 9.35. The molecular formula is C17H23N3. The molecule has 20 heavy (non-hydrogen) atoms. The van der Waals surface area contributed by atoms with Crippen molar-refractivity contribution in [2.24, 2.45) is 16.7 Å². The first-order valence-electron chi connectivity index (χ1n) is 7.23. The van der Waals surface area contributed by atoms with Gasteiger partial charge in [-0.1, -0.05) is 27.7 Å². The largest absolute Gasteiger partial charge is 0.398 e. The molecule has 1 heterocycles. The summed E-state index contributed by atoms with van der Waals surface area (Å²) in [5.74, 6) is 0.686. The van der Waals surface area contributed by atoms with Crippen LogP contribution in [-0.2, 0) is 0 Å². The van der Waals surface area contributed by atoms with Crippen LogP contribution in [0.1, 0.15) is 27.7 Å². The van der Waals surface area contributed by atoms with Crippen molar-refractivity contribution >= 4 is 22.3 Å². The van der Waals surface area contributed by atoms with E-state index in [0.717, 1.165) is 28.8 Å². The molecule has 0 atom stereocenters. The van der Waals surface area contributed by atoms with E-state index in [4.69, 9.17) is 5.73 Å². The third-order valence-electron chi connectivity index (χ3n) is 5.62. The summed E-state index contributed by atoms with van der Waals surface area (Å²) in [5.41, 5.74) is 9.63. The minimum absolute atomic E-state index is 0.400. The normalized spacial score (nSPS) is 20.0. The Morgan fingerprint density at radius 2 is 1.85 bits per heavy atom. The van der Waals surface area contributed by atoms with E-state index in [-0.39, 0.29) is 0 Å². The first-order valence-corrected chi connectivity index (χ1v) is 7.23. The molecule has 3 rings (SSSR count). The smallest absolute Gasteiger partial charge is 0.0953 e. The molecule has 1 aliphatic rings. The second kappa shape index (κ2) is 4.11. The molecule has 3 heteroatoms. The number of nitrogen functional groups attached to an aromatic ring is 1. The van der Waals surface area contributed by atoms with E-state index in [0.29, 0.717) is 16.7 Å². The Balaban J connectivity index is 1.85. The van der Waals surface area contributed by atoms with Crippen LogP contribution in [0.15, 0.2) is 30.5 Å². The summed E-state index contributed by atoms with van der Waals surface area (Å²) in [4.78, 5) is 4.47. The van der Waals surface area contributed by atoms with Gasteiger partial charge in [-0.3, -0.25) is 4.98 Å². The lowest BCUT2D eigenvalue weighted by Crippen LogP contribution is -2.09. The Hall–Kier alpha value is -1.77. The maximum Gasteiger partial charge on any atom is 0.0953 e. The van der Waals surface area contributed by atoms with Gasteiger partial charge >= 0.3 is 0 Å². The summed E-state index contributed by atoms with van der Waals surface area (Å²) < 4.78 is 0. The number of pyridine rings is 1. The van der Waals surface area contributed by atoms with Gasteiger partial charge in [0, 0.05) is 23.8 Å². The lowest BCUT2D eigenvalue weighted by Gasteiger charge is -2.11. The fraction of sp³-hybridized carbons (Fsp3) is 0.471. The molecule has 1 aromatic heterocycles. The van der Waals surface area contributed by atoms with Gasteiger partial charge < -0.3 is 11.1 Å². The van der Waals surface area contributed by atoms with E-state index in [2.05, 4.69) is 38.0 Å². The van der Waals surface area contributed by atoms with Gasteiger partial charge in [-0.25, -0.2) is 0 Å². The second-order valence-corrected chi connectivity index (χ2v) is 6.98. The van der Waals surface area contributed by atoms with Crippen LogP contribution in [0.2, 0.25) is 0 Å². The summed E-state index contributed by atoms with van der Waals surface area (Å²) in [6.07, 6.45) is 1.82. The molecule has 3 nitrogen and oxygen atoms in total. The lowest BCUT2D eigenvalue weighted by atomic mass is 10.0. The van der Waals surface area contributed by atoms with Gasteiger partial charge in [0.15, 0.2) is 0 Å². The van der Waals surface area contributed by atoms with Crippen LogP contribution in [0.3, 0.4) is 0 Å². The highest BCUT2D eigenvalue weighted by Gasteiger charge is 2.64. The predicted molar refractivity (Wildman–Crippen MR) is 85.7 cm³/mol. The highest BCUT2D eigenvalue weighted by atomic mass is 14.9. The van der Waals surface area contributed by atoms with E-state index in [1.807, 2.05) is 30.5 Å². The SMILES string of the molecule is CC1(C)C(CNc2ccc(N)c3cccnc23)C1(C)C. The van der Waals surface area contributed by atoms with Crippen molar-refractivity contribution < 1.29 is 0 Å². The molecule has 3 N–H and O–H groups in total. The average Bonchev–Trinajstić information content (AvgIpc) is 2.80. The monoisotopic (exact) mass is 269 g/mol. The van der Waals surface area contributed by atoms with Crippen LogP contribution in [0, 0.1) is 16.7 Å². The van der Waals surface area contributed by atoms with Crippen molar-refractivity contribution in [2.75, 3.05) is 17.6 Å². The van der Waals surface area contributed by atoms with Gasteiger partial charge in [-0.15, -0.1) is 0 Å². The number of aromatic nitrogens is 1. The molecule has 0 radical (unpaired) electrons. The topological polar surface area (TPSA) is 50.9 Å². The van der Waals surface area contributed by atoms with Gasteiger partial charge in [0.25, 0.3) is 0 Å². The van der Waals surface area contributed by atoms with Gasteiger partial charge in [0.05, 0.1) is 11.2 Å². The Morgan fingerprint density at radius 3 is 2.50 bits per heavy atom. The Morgan fingerprint density at radius 1 is 1.15 bits per heavy atom. The molecule has 0 saturated heterocycles. The highest BCUT2D eigenvalue weighted by molar-refractivity contribution is 5.98. The molecule has 2 aromatic rings. The minimum atomic E-state index is 0.400. The highest BCUT2D eigenvalue weighted by Crippen LogP contribution is 2.68. The van der Waals surface area contributed by atoms with Crippen LogP contribution >= 0.6 is 0 Å². The van der Waals surface area contributed by atoms with Gasteiger partial charge in [0.2, 0.25) is 0 Å². The van der Waals surface area contributed by atoms with E-state index >= 15 is 0 Å². The zero-order valence-electron chi connectivity index (χ0n) is 12.7. The second-order valence-electron chi connectivity index (χ2n) is 6.98. The summed E-state index contributed by atoms with van der Waals surface area (Å²) in [6, 6.07) is 7.94. The zero-order chi connectivity index (χ0) is 14.5. The van der Waals surface area contributed by atoms with Gasteiger partial charge in [-0.2, -0.15) is 0 Å². The predicted octanol–water partition coefficient (Wildman–Crippen LogP) is 3.91. The maximum absolute atomic E-state index is 6.01. The summed E-state index contributed by atoms with van der Waals surface area (Å²) in [6.45, 7) is 10.4. The number of anilines is 2. The van der Waals surface area contributed by atoms with Crippen LogP contribution in [0.25, 0.3) is 10.9 Å². The van der Waals surface area contributed by atoms with Crippen molar-refractivity contribution in [3.8, 4) is 0 Å². The Labute approximate surface area is 120 Å². The molecule has 0 bridgehead atoms. The minimum Gasteiger partial charge on any atom is -0.398 e. The Kier molecular flexibility index (Phi) is 2.72. The summed E-state index contributed by atoms with van der Waals surface area (Å²) in [7, 11) is 0. The first kappa shape index (κ1) is 13.2. The summed E-state index contributed by atoms with van der Waals surface area (Å²) in [5, 5.41) is 4.59. The number of hydrogen-bond acceptors (Lipinski definition) is 3. The molecule has 0 unspecified atom stereocenters. The van der Waals surface area contributed by atoms with Crippen LogP contribution in [-0.4, -0.2) is 11.5 Å². The molecule has 1 saturated carbocycles. The quantitative estimate of drug-likeness (QED) is 0.831. The van der Waals surface area contributed by atoms with Crippen molar-refractivity contribution in [3.05, 3.63) is 30.5 Å². The van der Waals surface area contributed by atoms with E-state index in [9.17, 15) is 0 Å². The van der Waals surface area contributed by atoms with E-state index < -0.39 is 0 Å². The standard InChI is InChI=1S/C17H23N3/c1-16(2)14(17(16,3)4)10-20-13-8-7-12(18)11-6-5-9-19-15(11)13/h5-9,14,20H,10,18H2,1-4H3. The van der Waals surface area contributed by atoms with Gasteiger partial charge in [-0.05, 0) is 41.0 Å². The molecule has 0 aliphatic heterocycles. The molecule has 1 aromatic carbocycles. The molecule has 0 amide bonds. The number of nitrogens with two attached hydrogens (primary N) is 1. The number of nitrogens with one attached hydrogen (secondary N) is 1. The molecule has 1 fully saturated rings. The fourth-order valence-electron chi connectivity index (χ4n) is 3.39. The average molecular weight is 269 g/mol. The lowest BCUT2D eigenvalue weighted by molar-refractivity contribution is 0.457. The number of nitrogens with zero attached hydrogens (tertiary/aromatic N) is 1. The van der Waals surface area contributed by atoms with Crippen molar-refractivity contribution in [1.82, 2.24) is 4.98 Å². The molecule has 0 spiro atoms. The molecular weight excluding hydrogens is 246 g/mol. The maximum atomic E-state index is 6.01.